The molecule has 0 aliphatic rings. The van der Waals surface area contributed by atoms with E-state index < -0.39 is 11.5 Å². The summed E-state index contributed by atoms with van der Waals surface area (Å²) in [6, 6.07) is 18.3. The minimum Gasteiger partial charge on any atom is -0.507 e. The normalized spacial score (nSPS) is 13.1. The van der Waals surface area contributed by atoms with Crippen LogP contribution >= 0.6 is 0 Å². The number of hydrogen-bond donors (Lipinski definition) is 2. The molecule has 0 aliphatic carbocycles. The van der Waals surface area contributed by atoms with Gasteiger partial charge in [-0.05, 0) is 67.0 Å². The molecule has 222 valence electrons. The monoisotopic (exact) mass is 583 g/mol. The van der Waals surface area contributed by atoms with Crippen molar-refractivity contribution in [1.82, 2.24) is 0 Å². The number of aliphatic hydroxyl groups is 1. The van der Waals surface area contributed by atoms with Crippen LogP contribution in [0.1, 0.15) is 48.4 Å². The fourth-order valence-corrected chi connectivity index (χ4v) is 4.85. The molecule has 0 radical (unpaired) electrons. The minimum atomic E-state index is -0.992. The van der Waals surface area contributed by atoms with Crippen molar-refractivity contribution in [3.8, 4) is 17.2 Å². The van der Waals surface area contributed by atoms with Gasteiger partial charge < -0.3 is 28.8 Å². The van der Waals surface area contributed by atoms with E-state index in [0.717, 1.165) is 6.42 Å². The summed E-state index contributed by atoms with van der Waals surface area (Å²) < 4.78 is 22.2. The molecule has 9 heteroatoms. The predicted molar refractivity (Wildman–Crippen MR) is 165 cm³/mol. The van der Waals surface area contributed by atoms with E-state index >= 15 is 0 Å². The van der Waals surface area contributed by atoms with E-state index in [-0.39, 0.29) is 47.0 Å². The quantitative estimate of drug-likeness (QED) is 0.0658. The molecule has 0 aliphatic heterocycles. The van der Waals surface area contributed by atoms with Gasteiger partial charge in [0.25, 0.3) is 6.47 Å². The first-order chi connectivity index (χ1) is 20.8. The third-order valence-electron chi connectivity index (χ3n) is 6.96. The molecule has 43 heavy (non-hydrogen) atoms. The Labute approximate surface area is 249 Å². The Balaban J connectivity index is 1.95. The number of aromatic hydroxyl groups is 1. The first-order valence-corrected chi connectivity index (χ1v) is 13.6. The molecular weight excluding hydrogens is 550 g/mol. The summed E-state index contributed by atoms with van der Waals surface area (Å²) in [6.07, 6.45) is 4.52. The van der Waals surface area contributed by atoms with Crippen molar-refractivity contribution >= 4 is 29.1 Å². The van der Waals surface area contributed by atoms with Crippen molar-refractivity contribution in [3.63, 3.8) is 0 Å². The highest BCUT2D eigenvalue weighted by molar-refractivity contribution is 5.87. The zero-order valence-electron chi connectivity index (χ0n) is 24.4. The van der Waals surface area contributed by atoms with Crippen LogP contribution in [0.5, 0.6) is 17.2 Å². The standard InChI is InChI=1S/C34H33NO8/c1-5-6-15-29(35-3)41-19-23-18-22(16-17-26(23)40-4)30(21(2)32(37)24-11-7-9-13-27(24)42-20-36)31-33(38)25-12-8-10-14-28(25)43-34(31)39/h6-18,20,30,37-38H,5,19H2,1-4H3/b15-6-,32-21-,35-29?. The van der Waals surface area contributed by atoms with Crippen molar-refractivity contribution in [2.45, 2.75) is 32.8 Å². The smallest absolute Gasteiger partial charge is 0.344 e. The lowest BCUT2D eigenvalue weighted by atomic mass is 9.83. The molecule has 0 amide bonds. The van der Waals surface area contributed by atoms with Gasteiger partial charge in [-0.2, -0.15) is 0 Å². The van der Waals surface area contributed by atoms with Crippen molar-refractivity contribution in [2.24, 2.45) is 4.99 Å². The number of carbonyl (C=O) groups excluding carboxylic acids is 1. The summed E-state index contributed by atoms with van der Waals surface area (Å²) in [6.45, 7) is 3.99. The highest BCUT2D eigenvalue weighted by Gasteiger charge is 2.30. The summed E-state index contributed by atoms with van der Waals surface area (Å²) in [5.41, 5.74) is 1.06. The number of benzene rings is 3. The molecule has 9 nitrogen and oxygen atoms in total. The Kier molecular flexibility index (Phi) is 10.0. The van der Waals surface area contributed by atoms with Gasteiger partial charge in [0.05, 0.1) is 23.6 Å². The van der Waals surface area contributed by atoms with E-state index in [1.165, 1.54) is 13.2 Å². The van der Waals surface area contributed by atoms with E-state index in [2.05, 4.69) is 4.99 Å². The number of nitrogens with zero attached hydrogens (tertiary/aromatic N) is 1. The van der Waals surface area contributed by atoms with Crippen molar-refractivity contribution in [3.05, 3.63) is 117 Å². The van der Waals surface area contributed by atoms with Gasteiger partial charge in [0.2, 0.25) is 5.90 Å². The molecule has 0 saturated heterocycles. The number of fused-ring (bicyclic) bond motifs is 1. The lowest BCUT2D eigenvalue weighted by molar-refractivity contribution is -0.120. The van der Waals surface area contributed by atoms with Crippen molar-refractivity contribution < 1.29 is 33.6 Å². The van der Waals surface area contributed by atoms with Gasteiger partial charge in [0, 0.05) is 18.5 Å². The molecule has 1 heterocycles. The van der Waals surface area contributed by atoms with Crippen LogP contribution in [0.3, 0.4) is 0 Å². The number of allylic oxidation sites excluding steroid dienone is 2. The average molecular weight is 584 g/mol. The number of rotatable bonds is 11. The highest BCUT2D eigenvalue weighted by Crippen LogP contribution is 2.42. The van der Waals surface area contributed by atoms with Gasteiger partial charge in [0.1, 0.15) is 35.2 Å². The molecule has 0 saturated carbocycles. The molecule has 1 unspecified atom stereocenters. The van der Waals surface area contributed by atoms with Crippen LogP contribution in [-0.2, 0) is 16.1 Å². The van der Waals surface area contributed by atoms with Crippen LogP contribution in [0, 0.1) is 0 Å². The Morgan fingerprint density at radius 2 is 1.81 bits per heavy atom. The highest BCUT2D eigenvalue weighted by atomic mass is 16.5. The fraction of sp³-hybridized carbons (Fsp3) is 0.206. The van der Waals surface area contributed by atoms with E-state index in [1.54, 1.807) is 80.7 Å². The molecule has 0 bridgehead atoms. The summed E-state index contributed by atoms with van der Waals surface area (Å²) in [5, 5.41) is 23.3. The van der Waals surface area contributed by atoms with Crippen molar-refractivity contribution in [1.29, 1.82) is 0 Å². The predicted octanol–water partition coefficient (Wildman–Crippen LogP) is 6.67. The molecule has 4 rings (SSSR count). The maximum absolute atomic E-state index is 13.5. The molecule has 0 spiro atoms. The lowest BCUT2D eigenvalue weighted by Gasteiger charge is -2.23. The topological polar surface area (TPSA) is 128 Å². The van der Waals surface area contributed by atoms with Gasteiger partial charge in [-0.1, -0.05) is 43.3 Å². The maximum Gasteiger partial charge on any atom is 0.344 e. The van der Waals surface area contributed by atoms with Crippen LogP contribution in [-0.4, -0.2) is 36.7 Å². The maximum atomic E-state index is 13.5. The minimum absolute atomic E-state index is 0.0738. The van der Waals surface area contributed by atoms with Crippen LogP contribution in [0.15, 0.2) is 98.7 Å². The van der Waals surface area contributed by atoms with E-state index in [9.17, 15) is 19.8 Å². The second-order valence-electron chi connectivity index (χ2n) is 9.56. The Morgan fingerprint density at radius 1 is 1.07 bits per heavy atom. The fourth-order valence-electron chi connectivity index (χ4n) is 4.85. The molecule has 2 N–H and O–H groups in total. The lowest BCUT2D eigenvalue weighted by Crippen LogP contribution is -2.17. The third-order valence-corrected chi connectivity index (χ3v) is 6.96. The number of aliphatic hydroxyl groups excluding tert-OH is 1. The van der Waals surface area contributed by atoms with E-state index in [4.69, 9.17) is 18.6 Å². The second-order valence-corrected chi connectivity index (χ2v) is 9.56. The van der Waals surface area contributed by atoms with Gasteiger partial charge in [-0.3, -0.25) is 9.79 Å². The average Bonchev–Trinajstić information content (AvgIpc) is 3.03. The Morgan fingerprint density at radius 3 is 2.53 bits per heavy atom. The number of aliphatic imine (C=N–C) groups is 1. The van der Waals surface area contributed by atoms with Crippen LogP contribution in [0.2, 0.25) is 0 Å². The summed E-state index contributed by atoms with van der Waals surface area (Å²) in [7, 11) is 3.16. The first-order valence-electron chi connectivity index (χ1n) is 13.6. The zero-order chi connectivity index (χ0) is 30.9. The molecule has 1 aromatic heterocycles. The van der Waals surface area contributed by atoms with Gasteiger partial charge in [-0.25, -0.2) is 4.79 Å². The third kappa shape index (κ3) is 6.62. The molecule has 3 aromatic carbocycles. The van der Waals surface area contributed by atoms with Gasteiger partial charge >= 0.3 is 5.63 Å². The molecular formula is C34H33NO8. The zero-order valence-corrected chi connectivity index (χ0v) is 24.4. The van der Waals surface area contributed by atoms with Crippen molar-refractivity contribution in [2.75, 3.05) is 14.2 Å². The van der Waals surface area contributed by atoms with Crippen LogP contribution in [0.4, 0.5) is 0 Å². The Hall–Kier alpha value is -5.31. The largest absolute Gasteiger partial charge is 0.507 e. The van der Waals surface area contributed by atoms with E-state index in [1.807, 2.05) is 13.0 Å². The summed E-state index contributed by atoms with van der Waals surface area (Å²) in [5.74, 6) is -0.428. The van der Waals surface area contributed by atoms with Gasteiger partial charge in [0.15, 0.2) is 0 Å². The number of hydrogen-bond acceptors (Lipinski definition) is 9. The second kappa shape index (κ2) is 14.0. The summed E-state index contributed by atoms with van der Waals surface area (Å²) >= 11 is 0. The molecule has 0 fully saturated rings. The SMILES string of the molecule is CC/C=C\C(=NC)OCc1cc(C(/C(C)=C(\O)c2ccccc2OC=O)c2c(O)c3ccccc3oc2=O)ccc1OC. The van der Waals surface area contributed by atoms with Gasteiger partial charge in [-0.15, -0.1) is 0 Å². The number of ether oxygens (including phenoxy) is 3. The number of carbonyl (C=O) groups is 1. The van der Waals surface area contributed by atoms with Crippen LogP contribution in [0.25, 0.3) is 16.7 Å². The number of methoxy groups -OCH3 is 1. The molecule has 4 aromatic rings. The Bertz CT molecular complexity index is 1770. The summed E-state index contributed by atoms with van der Waals surface area (Å²) in [4.78, 5) is 28.8. The van der Waals surface area contributed by atoms with E-state index in [0.29, 0.717) is 33.7 Å². The van der Waals surface area contributed by atoms with Crippen LogP contribution < -0.4 is 15.1 Å². The first kappa shape index (κ1) is 30.6. The molecule has 1 atom stereocenters. The number of para-hydroxylation sites is 2.